The van der Waals surface area contributed by atoms with Gasteiger partial charge in [0.1, 0.15) is 0 Å². The minimum absolute atomic E-state index is 0.168. The van der Waals surface area contributed by atoms with Gasteiger partial charge in [-0.25, -0.2) is 0 Å². The molecule has 0 aromatic heterocycles. The smallest absolute Gasteiger partial charge is 0.223 e. The molecule has 0 radical (unpaired) electrons. The molecule has 1 amide bonds. The number of benzene rings is 1. The number of methoxy groups -OCH3 is 1. The third-order valence-electron chi connectivity index (χ3n) is 3.95. The molecule has 114 valence electrons. The highest BCUT2D eigenvalue weighted by Gasteiger charge is 2.29. The Balaban J connectivity index is 1.96. The predicted molar refractivity (Wildman–Crippen MR) is 81.3 cm³/mol. The van der Waals surface area contributed by atoms with Crippen LogP contribution in [0.5, 0.6) is 0 Å². The van der Waals surface area contributed by atoms with Gasteiger partial charge in [0.15, 0.2) is 5.78 Å². The number of hydrogen-bond donors (Lipinski definition) is 0. The van der Waals surface area contributed by atoms with Crippen LogP contribution in [0.25, 0.3) is 0 Å². The van der Waals surface area contributed by atoms with Crippen molar-refractivity contribution in [2.75, 3.05) is 26.8 Å². The summed E-state index contributed by atoms with van der Waals surface area (Å²) in [5.41, 5.74) is 1.91. The SMILES string of the molecule is CCC(=O)c1cccc(CC2CC(=O)N(CCOC)C2)c1. The largest absolute Gasteiger partial charge is 0.383 e. The van der Waals surface area contributed by atoms with Gasteiger partial charge in [-0.1, -0.05) is 25.1 Å². The molecule has 1 aliphatic rings. The quantitative estimate of drug-likeness (QED) is 0.724. The van der Waals surface area contributed by atoms with Crippen LogP contribution in [0.3, 0.4) is 0 Å². The number of nitrogens with zero attached hydrogens (tertiary/aromatic N) is 1. The predicted octanol–water partition coefficient (Wildman–Crippen LogP) is 2.32. The molecule has 1 unspecified atom stereocenters. The molecule has 1 heterocycles. The normalized spacial score (nSPS) is 18.3. The van der Waals surface area contributed by atoms with Crippen molar-refractivity contribution >= 4 is 11.7 Å². The van der Waals surface area contributed by atoms with E-state index in [0.717, 1.165) is 24.1 Å². The summed E-state index contributed by atoms with van der Waals surface area (Å²) in [7, 11) is 1.65. The second kappa shape index (κ2) is 7.36. The lowest BCUT2D eigenvalue weighted by molar-refractivity contribution is -0.128. The van der Waals surface area contributed by atoms with Crippen LogP contribution in [-0.4, -0.2) is 43.4 Å². The Hall–Kier alpha value is -1.68. The summed E-state index contributed by atoms with van der Waals surface area (Å²) < 4.78 is 5.03. The number of amides is 1. The van der Waals surface area contributed by atoms with Crippen molar-refractivity contribution in [1.29, 1.82) is 0 Å². The summed E-state index contributed by atoms with van der Waals surface area (Å²) >= 11 is 0. The Bertz CT molecular complexity index is 513. The third-order valence-corrected chi connectivity index (χ3v) is 3.95. The van der Waals surface area contributed by atoms with Gasteiger partial charge < -0.3 is 9.64 Å². The minimum atomic E-state index is 0.168. The van der Waals surface area contributed by atoms with Gasteiger partial charge in [-0.15, -0.1) is 0 Å². The van der Waals surface area contributed by atoms with E-state index in [1.54, 1.807) is 7.11 Å². The first-order chi connectivity index (χ1) is 10.1. The lowest BCUT2D eigenvalue weighted by atomic mass is 9.96. The number of ketones is 1. The molecule has 1 atom stereocenters. The van der Waals surface area contributed by atoms with Gasteiger partial charge in [0.2, 0.25) is 5.91 Å². The highest BCUT2D eigenvalue weighted by atomic mass is 16.5. The highest BCUT2D eigenvalue weighted by molar-refractivity contribution is 5.95. The van der Waals surface area contributed by atoms with Crippen molar-refractivity contribution < 1.29 is 14.3 Å². The van der Waals surface area contributed by atoms with Crippen LogP contribution < -0.4 is 0 Å². The first kappa shape index (κ1) is 15.7. The molecule has 0 aliphatic carbocycles. The molecule has 0 spiro atoms. The van der Waals surface area contributed by atoms with E-state index in [1.165, 1.54) is 0 Å². The second-order valence-electron chi connectivity index (χ2n) is 5.58. The Morgan fingerprint density at radius 1 is 1.43 bits per heavy atom. The van der Waals surface area contributed by atoms with E-state index in [4.69, 9.17) is 4.74 Å². The lowest BCUT2D eigenvalue weighted by Crippen LogP contribution is -2.28. The molecule has 0 saturated carbocycles. The van der Waals surface area contributed by atoms with Crippen LogP contribution in [0.15, 0.2) is 24.3 Å². The van der Waals surface area contributed by atoms with E-state index in [-0.39, 0.29) is 11.7 Å². The Morgan fingerprint density at radius 2 is 2.24 bits per heavy atom. The minimum Gasteiger partial charge on any atom is -0.383 e. The Morgan fingerprint density at radius 3 is 2.95 bits per heavy atom. The van der Waals surface area contributed by atoms with Gasteiger partial charge >= 0.3 is 0 Å². The Kier molecular flexibility index (Phi) is 5.51. The molecule has 1 aromatic rings. The maximum atomic E-state index is 11.9. The zero-order valence-corrected chi connectivity index (χ0v) is 12.8. The molecule has 2 rings (SSSR count). The highest BCUT2D eigenvalue weighted by Crippen LogP contribution is 2.22. The average molecular weight is 289 g/mol. The van der Waals surface area contributed by atoms with Gasteiger partial charge in [-0.3, -0.25) is 9.59 Å². The molecule has 1 aliphatic heterocycles. The molecule has 1 fully saturated rings. The van der Waals surface area contributed by atoms with E-state index in [0.29, 0.717) is 31.9 Å². The van der Waals surface area contributed by atoms with Crippen LogP contribution in [0.2, 0.25) is 0 Å². The molecule has 21 heavy (non-hydrogen) atoms. The number of rotatable bonds is 7. The van der Waals surface area contributed by atoms with E-state index in [2.05, 4.69) is 0 Å². The molecular weight excluding hydrogens is 266 g/mol. The van der Waals surface area contributed by atoms with Crippen molar-refractivity contribution in [1.82, 2.24) is 4.90 Å². The molecule has 0 N–H and O–H groups in total. The maximum absolute atomic E-state index is 11.9. The van der Waals surface area contributed by atoms with Crippen molar-refractivity contribution in [3.63, 3.8) is 0 Å². The standard InChI is InChI=1S/C17H23NO3/c1-3-16(19)15-6-4-5-13(10-15)9-14-11-17(20)18(12-14)7-8-21-2/h4-6,10,14H,3,7-9,11-12H2,1-2H3. The molecule has 1 saturated heterocycles. The maximum Gasteiger partial charge on any atom is 0.223 e. The number of carbonyl (C=O) groups is 2. The zero-order valence-electron chi connectivity index (χ0n) is 12.8. The fourth-order valence-electron chi connectivity index (χ4n) is 2.82. The first-order valence-corrected chi connectivity index (χ1v) is 7.53. The van der Waals surface area contributed by atoms with Crippen LogP contribution in [0.1, 0.15) is 35.7 Å². The molecule has 4 nitrogen and oxygen atoms in total. The van der Waals surface area contributed by atoms with Gasteiger partial charge in [-0.05, 0) is 24.0 Å². The van der Waals surface area contributed by atoms with Crippen molar-refractivity contribution in [2.24, 2.45) is 5.92 Å². The van der Waals surface area contributed by atoms with Gasteiger partial charge in [0.25, 0.3) is 0 Å². The third kappa shape index (κ3) is 4.14. The summed E-state index contributed by atoms with van der Waals surface area (Å²) in [6.07, 6.45) is 1.96. The fourth-order valence-corrected chi connectivity index (χ4v) is 2.82. The monoisotopic (exact) mass is 289 g/mol. The first-order valence-electron chi connectivity index (χ1n) is 7.53. The number of carbonyl (C=O) groups excluding carboxylic acids is 2. The Labute approximate surface area is 126 Å². The van der Waals surface area contributed by atoms with Gasteiger partial charge in [-0.2, -0.15) is 0 Å². The molecule has 4 heteroatoms. The van der Waals surface area contributed by atoms with Crippen molar-refractivity contribution in [3.8, 4) is 0 Å². The second-order valence-corrected chi connectivity index (χ2v) is 5.58. The van der Waals surface area contributed by atoms with E-state index in [1.807, 2.05) is 36.1 Å². The van der Waals surface area contributed by atoms with E-state index >= 15 is 0 Å². The molecule has 0 bridgehead atoms. The zero-order chi connectivity index (χ0) is 15.2. The molecular formula is C17H23NO3. The fraction of sp³-hybridized carbons (Fsp3) is 0.529. The van der Waals surface area contributed by atoms with E-state index in [9.17, 15) is 9.59 Å². The van der Waals surface area contributed by atoms with Crippen LogP contribution in [0, 0.1) is 5.92 Å². The number of Topliss-reactive ketones (excluding diaryl/α,β-unsaturated/α-hetero) is 1. The van der Waals surface area contributed by atoms with Gasteiger partial charge in [0.05, 0.1) is 6.61 Å². The summed E-state index contributed by atoms with van der Waals surface area (Å²) in [6.45, 7) is 3.91. The van der Waals surface area contributed by atoms with Crippen molar-refractivity contribution in [2.45, 2.75) is 26.2 Å². The summed E-state index contributed by atoms with van der Waals surface area (Å²) in [4.78, 5) is 25.5. The van der Waals surface area contributed by atoms with E-state index < -0.39 is 0 Å². The summed E-state index contributed by atoms with van der Waals surface area (Å²) in [5, 5.41) is 0. The average Bonchev–Trinajstić information content (AvgIpc) is 2.84. The summed E-state index contributed by atoms with van der Waals surface area (Å²) in [5.74, 6) is 0.709. The lowest BCUT2D eigenvalue weighted by Gasteiger charge is -2.16. The topological polar surface area (TPSA) is 46.6 Å². The number of likely N-dealkylation sites (tertiary alicyclic amines) is 1. The van der Waals surface area contributed by atoms with Crippen molar-refractivity contribution in [3.05, 3.63) is 35.4 Å². The number of ether oxygens (including phenoxy) is 1. The van der Waals surface area contributed by atoms with Crippen LogP contribution >= 0.6 is 0 Å². The van der Waals surface area contributed by atoms with Crippen LogP contribution in [0.4, 0.5) is 0 Å². The van der Waals surface area contributed by atoms with Gasteiger partial charge in [0, 0.05) is 38.6 Å². The number of hydrogen-bond acceptors (Lipinski definition) is 3. The molecule has 1 aromatic carbocycles. The summed E-state index contributed by atoms with van der Waals surface area (Å²) in [6, 6.07) is 7.79. The van der Waals surface area contributed by atoms with Crippen LogP contribution in [-0.2, 0) is 16.0 Å².